The average Bonchev–Trinajstić information content (AvgIpc) is 2.59. The summed E-state index contributed by atoms with van der Waals surface area (Å²) in [6, 6.07) is 9.19. The number of aromatic nitrogens is 2. The minimum Gasteiger partial charge on any atom is -0.382 e. The molecular weight excluding hydrogens is 302 g/mol. The first-order valence-corrected chi connectivity index (χ1v) is 8.33. The number of benzene rings is 1. The second-order valence-corrected chi connectivity index (χ2v) is 6.01. The molecule has 1 fully saturated rings. The number of nitrogen functional groups attached to an aromatic ring is 1. The maximum absolute atomic E-state index is 11.2. The zero-order valence-corrected chi connectivity index (χ0v) is 14.1. The smallest absolute Gasteiger partial charge is 0.271 e. The summed E-state index contributed by atoms with van der Waals surface area (Å²) in [5.74, 6) is -0.438. The highest BCUT2D eigenvalue weighted by Crippen LogP contribution is 2.20. The first-order valence-electron chi connectivity index (χ1n) is 8.33. The maximum Gasteiger partial charge on any atom is 0.271 e. The van der Waals surface area contributed by atoms with Crippen LogP contribution in [0.15, 0.2) is 30.3 Å². The van der Waals surface area contributed by atoms with Crippen molar-refractivity contribution in [2.24, 2.45) is 5.73 Å². The normalized spacial score (nSPS) is 13.5. The van der Waals surface area contributed by atoms with E-state index in [4.69, 9.17) is 11.5 Å². The fraction of sp³-hybridized carbons (Fsp3) is 0.389. The molecule has 1 aliphatic carbocycles. The van der Waals surface area contributed by atoms with Gasteiger partial charge in [0, 0.05) is 11.8 Å². The summed E-state index contributed by atoms with van der Waals surface area (Å²) < 4.78 is 0. The van der Waals surface area contributed by atoms with E-state index in [1.165, 1.54) is 44.6 Å². The summed E-state index contributed by atoms with van der Waals surface area (Å²) >= 11 is 0. The van der Waals surface area contributed by atoms with Gasteiger partial charge in [0.25, 0.3) is 5.91 Å². The monoisotopic (exact) mass is 327 g/mol. The molecule has 1 saturated carbocycles. The molecule has 1 aromatic heterocycles. The molecule has 2 aromatic rings. The Labute approximate surface area is 142 Å². The van der Waals surface area contributed by atoms with Gasteiger partial charge in [0.05, 0.1) is 5.69 Å². The standard InChI is InChI=1S/C12H13N5O.C6H12/c1-7-2-4-8(5-3-7)15-9-6-10(13)16-17-11(9)12(14)18;1-2-4-6-5-3-1/h2-6H,1H3,(H2,14,18)(H3,13,15,16);1-6H2. The molecule has 5 N–H and O–H groups in total. The Balaban J connectivity index is 0.000000292. The van der Waals surface area contributed by atoms with E-state index in [-0.39, 0.29) is 11.5 Å². The number of hydrogen-bond donors (Lipinski definition) is 3. The molecule has 6 heteroatoms. The van der Waals surface area contributed by atoms with Crippen LogP contribution >= 0.6 is 0 Å². The lowest BCUT2D eigenvalue weighted by atomic mass is 10.0. The predicted molar refractivity (Wildman–Crippen MR) is 97.1 cm³/mol. The van der Waals surface area contributed by atoms with Gasteiger partial charge in [-0.3, -0.25) is 4.79 Å². The van der Waals surface area contributed by atoms with Crippen LogP contribution in [-0.4, -0.2) is 16.1 Å². The molecule has 0 unspecified atom stereocenters. The van der Waals surface area contributed by atoms with E-state index in [2.05, 4.69) is 15.5 Å². The van der Waals surface area contributed by atoms with Crippen LogP contribution in [0.25, 0.3) is 0 Å². The van der Waals surface area contributed by atoms with Crippen LogP contribution in [0.5, 0.6) is 0 Å². The Morgan fingerprint density at radius 1 is 1.00 bits per heavy atom. The van der Waals surface area contributed by atoms with Gasteiger partial charge in [-0.25, -0.2) is 0 Å². The van der Waals surface area contributed by atoms with Crippen LogP contribution in [0.4, 0.5) is 17.2 Å². The number of aryl methyl sites for hydroxylation is 1. The third kappa shape index (κ3) is 5.53. The molecule has 0 spiro atoms. The van der Waals surface area contributed by atoms with Gasteiger partial charge in [0.2, 0.25) is 0 Å². The molecule has 0 bridgehead atoms. The Kier molecular flexibility index (Phi) is 6.54. The number of hydrogen-bond acceptors (Lipinski definition) is 5. The summed E-state index contributed by atoms with van der Waals surface area (Å²) in [5.41, 5.74) is 13.2. The number of amides is 1. The zero-order chi connectivity index (χ0) is 17.4. The molecule has 6 nitrogen and oxygen atoms in total. The van der Waals surface area contributed by atoms with Crippen molar-refractivity contribution < 1.29 is 4.79 Å². The number of nitrogens with one attached hydrogen (secondary N) is 1. The van der Waals surface area contributed by atoms with Crippen LogP contribution in [0.1, 0.15) is 54.6 Å². The summed E-state index contributed by atoms with van der Waals surface area (Å²) in [6.07, 6.45) is 9.00. The average molecular weight is 327 g/mol. The van der Waals surface area contributed by atoms with Gasteiger partial charge in [0.15, 0.2) is 5.69 Å². The summed E-state index contributed by atoms with van der Waals surface area (Å²) in [6.45, 7) is 1.99. The minimum absolute atomic E-state index is 0.0600. The molecule has 0 saturated heterocycles. The summed E-state index contributed by atoms with van der Waals surface area (Å²) in [5, 5.41) is 10.3. The minimum atomic E-state index is -0.655. The number of anilines is 3. The van der Waals surface area contributed by atoms with Gasteiger partial charge in [-0.2, -0.15) is 0 Å². The summed E-state index contributed by atoms with van der Waals surface area (Å²) in [4.78, 5) is 11.2. The topological polar surface area (TPSA) is 107 Å². The molecule has 0 radical (unpaired) electrons. The molecule has 1 heterocycles. The van der Waals surface area contributed by atoms with Gasteiger partial charge in [-0.1, -0.05) is 56.2 Å². The number of primary amides is 1. The fourth-order valence-electron chi connectivity index (χ4n) is 2.54. The number of nitrogens with two attached hydrogens (primary N) is 2. The Bertz CT molecular complexity index is 654. The van der Waals surface area contributed by atoms with E-state index in [0.29, 0.717) is 5.69 Å². The van der Waals surface area contributed by atoms with Crippen molar-refractivity contribution in [3.05, 3.63) is 41.6 Å². The SMILES string of the molecule is C1CCCCC1.Cc1ccc(Nc2cc(N)nnc2C(N)=O)cc1. The molecule has 128 valence electrons. The summed E-state index contributed by atoms with van der Waals surface area (Å²) in [7, 11) is 0. The van der Waals surface area contributed by atoms with E-state index in [1.807, 2.05) is 31.2 Å². The van der Waals surface area contributed by atoms with Gasteiger partial charge < -0.3 is 16.8 Å². The van der Waals surface area contributed by atoms with Crippen molar-refractivity contribution in [3.63, 3.8) is 0 Å². The number of rotatable bonds is 3. The van der Waals surface area contributed by atoms with Crippen molar-refractivity contribution in [2.75, 3.05) is 11.1 Å². The largest absolute Gasteiger partial charge is 0.382 e. The maximum atomic E-state index is 11.2. The third-order valence-corrected chi connectivity index (χ3v) is 3.88. The predicted octanol–water partition coefficient (Wildman–Crippen LogP) is 3.55. The molecule has 0 atom stereocenters. The number of carbonyl (C=O) groups is 1. The number of nitrogens with zero attached hydrogens (tertiary/aromatic N) is 2. The first kappa shape index (κ1) is 17.7. The molecule has 1 aromatic carbocycles. The van der Waals surface area contributed by atoms with Crippen LogP contribution < -0.4 is 16.8 Å². The lowest BCUT2D eigenvalue weighted by molar-refractivity contribution is 0.0995. The van der Waals surface area contributed by atoms with Crippen LogP contribution in [0.2, 0.25) is 0 Å². The van der Waals surface area contributed by atoms with E-state index in [1.54, 1.807) is 0 Å². The Morgan fingerprint density at radius 2 is 1.54 bits per heavy atom. The second-order valence-electron chi connectivity index (χ2n) is 6.01. The molecule has 3 rings (SSSR count). The van der Waals surface area contributed by atoms with Crippen molar-refractivity contribution in [2.45, 2.75) is 45.4 Å². The molecule has 1 aliphatic rings. The van der Waals surface area contributed by atoms with E-state index < -0.39 is 5.91 Å². The van der Waals surface area contributed by atoms with E-state index in [9.17, 15) is 4.79 Å². The third-order valence-electron chi connectivity index (χ3n) is 3.88. The highest BCUT2D eigenvalue weighted by molar-refractivity contribution is 5.97. The van der Waals surface area contributed by atoms with Gasteiger partial charge >= 0.3 is 0 Å². The molecule has 24 heavy (non-hydrogen) atoms. The van der Waals surface area contributed by atoms with E-state index >= 15 is 0 Å². The first-order chi connectivity index (χ1) is 11.6. The van der Waals surface area contributed by atoms with Crippen molar-refractivity contribution in [1.82, 2.24) is 10.2 Å². The number of carbonyl (C=O) groups excluding carboxylic acids is 1. The highest BCUT2D eigenvalue weighted by atomic mass is 16.1. The Morgan fingerprint density at radius 3 is 2.04 bits per heavy atom. The zero-order valence-electron chi connectivity index (χ0n) is 14.1. The van der Waals surface area contributed by atoms with Crippen molar-refractivity contribution in [1.29, 1.82) is 0 Å². The van der Waals surface area contributed by atoms with Crippen molar-refractivity contribution >= 4 is 23.1 Å². The Hall–Kier alpha value is -2.63. The van der Waals surface area contributed by atoms with Crippen LogP contribution in [-0.2, 0) is 0 Å². The van der Waals surface area contributed by atoms with Gasteiger partial charge in [-0.05, 0) is 19.1 Å². The van der Waals surface area contributed by atoms with Crippen LogP contribution in [0, 0.1) is 6.92 Å². The molecular formula is C18H25N5O. The van der Waals surface area contributed by atoms with Crippen molar-refractivity contribution in [3.8, 4) is 0 Å². The highest BCUT2D eigenvalue weighted by Gasteiger charge is 2.11. The van der Waals surface area contributed by atoms with E-state index in [0.717, 1.165) is 11.3 Å². The lowest BCUT2D eigenvalue weighted by Gasteiger charge is -2.09. The second kappa shape index (κ2) is 8.86. The fourth-order valence-corrected chi connectivity index (χ4v) is 2.54. The lowest BCUT2D eigenvalue weighted by Crippen LogP contribution is -2.16. The van der Waals surface area contributed by atoms with Gasteiger partial charge in [0.1, 0.15) is 5.82 Å². The molecule has 0 aliphatic heterocycles. The molecule has 1 amide bonds. The van der Waals surface area contributed by atoms with Crippen LogP contribution in [0.3, 0.4) is 0 Å². The van der Waals surface area contributed by atoms with Gasteiger partial charge in [-0.15, -0.1) is 10.2 Å². The quantitative estimate of drug-likeness (QED) is 0.799.